The molecule has 0 bridgehead atoms. The Bertz CT molecular complexity index is 362. The van der Waals surface area contributed by atoms with Crippen molar-refractivity contribution in [3.63, 3.8) is 0 Å². The molecule has 0 radical (unpaired) electrons. The minimum absolute atomic E-state index is 0.0705. The van der Waals surface area contributed by atoms with Crippen LogP contribution in [-0.2, 0) is 11.2 Å². The average Bonchev–Trinajstić information content (AvgIpc) is 2.39. The van der Waals surface area contributed by atoms with Gasteiger partial charge in [-0.05, 0) is 12.1 Å². The fourth-order valence-electron chi connectivity index (χ4n) is 1.24. The summed E-state index contributed by atoms with van der Waals surface area (Å²) in [7, 11) is 0. The first kappa shape index (κ1) is 7.21. The summed E-state index contributed by atoms with van der Waals surface area (Å²) < 4.78 is 25.5. The van der Waals surface area contributed by atoms with E-state index in [9.17, 15) is 13.6 Å². The van der Waals surface area contributed by atoms with Gasteiger partial charge in [0.15, 0.2) is 11.6 Å². The number of hydrogen-bond donors (Lipinski definition) is 1. The molecule has 1 amide bonds. The van der Waals surface area contributed by atoms with Crippen molar-refractivity contribution >= 4 is 11.6 Å². The van der Waals surface area contributed by atoms with Crippen LogP contribution in [0.15, 0.2) is 12.1 Å². The third kappa shape index (κ3) is 0.879. The van der Waals surface area contributed by atoms with E-state index >= 15 is 0 Å². The SMILES string of the molecule is O=C1Cc2c(ccc(F)c2F)N1. The van der Waals surface area contributed by atoms with E-state index in [0.29, 0.717) is 5.69 Å². The normalized spacial score (nSPS) is 14.3. The minimum Gasteiger partial charge on any atom is -0.325 e. The highest BCUT2D eigenvalue weighted by Gasteiger charge is 2.22. The van der Waals surface area contributed by atoms with Crippen LogP contribution in [0, 0.1) is 11.6 Å². The highest BCUT2D eigenvalue weighted by molar-refractivity contribution is 5.99. The molecule has 0 spiro atoms. The summed E-state index contributed by atoms with van der Waals surface area (Å²) in [5, 5.41) is 2.42. The number of hydrogen-bond acceptors (Lipinski definition) is 1. The lowest BCUT2D eigenvalue weighted by molar-refractivity contribution is -0.115. The second-order valence-corrected chi connectivity index (χ2v) is 2.61. The van der Waals surface area contributed by atoms with Crippen molar-refractivity contribution in [1.82, 2.24) is 0 Å². The zero-order valence-electron chi connectivity index (χ0n) is 6.03. The fraction of sp³-hybridized carbons (Fsp3) is 0.125. The molecule has 2 nitrogen and oxygen atoms in total. The topological polar surface area (TPSA) is 29.1 Å². The molecule has 4 heteroatoms. The van der Waals surface area contributed by atoms with Gasteiger partial charge in [-0.25, -0.2) is 8.78 Å². The molecule has 1 aromatic carbocycles. The van der Waals surface area contributed by atoms with Crippen LogP contribution in [0.25, 0.3) is 0 Å². The van der Waals surface area contributed by atoms with Gasteiger partial charge in [-0.1, -0.05) is 0 Å². The Hall–Kier alpha value is -1.45. The molecule has 0 aromatic heterocycles. The van der Waals surface area contributed by atoms with E-state index in [1.807, 2.05) is 0 Å². The van der Waals surface area contributed by atoms with Crippen LogP contribution in [0.2, 0.25) is 0 Å². The van der Waals surface area contributed by atoms with Crippen LogP contribution in [0.5, 0.6) is 0 Å². The van der Waals surface area contributed by atoms with Crippen molar-refractivity contribution in [2.24, 2.45) is 0 Å². The molecule has 1 aliphatic heterocycles. The monoisotopic (exact) mass is 169 g/mol. The number of amides is 1. The van der Waals surface area contributed by atoms with E-state index in [4.69, 9.17) is 0 Å². The van der Waals surface area contributed by atoms with Gasteiger partial charge in [0.2, 0.25) is 5.91 Å². The number of benzene rings is 1. The van der Waals surface area contributed by atoms with Gasteiger partial charge in [-0.2, -0.15) is 0 Å². The molecule has 0 fully saturated rings. The molecule has 0 saturated carbocycles. The largest absolute Gasteiger partial charge is 0.325 e. The summed E-state index contributed by atoms with van der Waals surface area (Å²) in [6, 6.07) is 2.36. The van der Waals surface area contributed by atoms with Gasteiger partial charge in [0.25, 0.3) is 0 Å². The first-order chi connectivity index (χ1) is 5.68. The second kappa shape index (κ2) is 2.27. The third-order valence-corrected chi connectivity index (χ3v) is 1.81. The van der Waals surface area contributed by atoms with Gasteiger partial charge in [-0.3, -0.25) is 4.79 Å². The number of rotatable bonds is 0. The van der Waals surface area contributed by atoms with Crippen molar-refractivity contribution in [3.05, 3.63) is 29.3 Å². The van der Waals surface area contributed by atoms with E-state index in [1.165, 1.54) is 6.07 Å². The number of nitrogens with one attached hydrogen (secondary N) is 1. The molecular formula is C8H5F2NO. The predicted molar refractivity (Wildman–Crippen MR) is 38.7 cm³/mol. The van der Waals surface area contributed by atoms with Crippen LogP contribution in [0.4, 0.5) is 14.5 Å². The summed E-state index contributed by atoms with van der Waals surface area (Å²) >= 11 is 0. The van der Waals surface area contributed by atoms with Crippen LogP contribution >= 0.6 is 0 Å². The van der Waals surface area contributed by atoms with Crippen molar-refractivity contribution < 1.29 is 13.6 Å². The molecule has 1 aliphatic rings. The van der Waals surface area contributed by atoms with E-state index in [1.54, 1.807) is 0 Å². The van der Waals surface area contributed by atoms with Gasteiger partial charge < -0.3 is 5.32 Å². The van der Waals surface area contributed by atoms with Crippen molar-refractivity contribution in [2.75, 3.05) is 5.32 Å². The maximum atomic E-state index is 12.9. The van der Waals surface area contributed by atoms with E-state index in [0.717, 1.165) is 6.07 Å². The van der Waals surface area contributed by atoms with E-state index in [-0.39, 0.29) is 17.9 Å². The zero-order chi connectivity index (χ0) is 8.72. The number of fused-ring (bicyclic) bond motifs is 1. The molecule has 1 N–H and O–H groups in total. The maximum Gasteiger partial charge on any atom is 0.228 e. The Kier molecular flexibility index (Phi) is 1.36. The number of carbonyl (C=O) groups is 1. The highest BCUT2D eigenvalue weighted by Crippen LogP contribution is 2.26. The van der Waals surface area contributed by atoms with Crippen LogP contribution in [0.3, 0.4) is 0 Å². The molecular weight excluding hydrogens is 164 g/mol. The van der Waals surface area contributed by atoms with Crippen molar-refractivity contribution in [2.45, 2.75) is 6.42 Å². The molecule has 0 saturated heterocycles. The van der Waals surface area contributed by atoms with Crippen LogP contribution in [0.1, 0.15) is 5.56 Å². The third-order valence-electron chi connectivity index (χ3n) is 1.81. The molecule has 2 rings (SSSR count). The van der Waals surface area contributed by atoms with Crippen LogP contribution in [-0.4, -0.2) is 5.91 Å². The molecule has 12 heavy (non-hydrogen) atoms. The van der Waals surface area contributed by atoms with Gasteiger partial charge in [-0.15, -0.1) is 0 Å². The smallest absolute Gasteiger partial charge is 0.228 e. The minimum atomic E-state index is -0.925. The quantitative estimate of drug-likeness (QED) is 0.625. The Morgan fingerprint density at radius 2 is 2.08 bits per heavy atom. The highest BCUT2D eigenvalue weighted by atomic mass is 19.2. The standard InChI is InChI=1S/C8H5F2NO/c9-5-1-2-6-4(8(5)10)3-7(12)11-6/h1-2H,3H2,(H,11,12). The summed E-state index contributed by atoms with van der Waals surface area (Å²) in [4.78, 5) is 10.8. The van der Waals surface area contributed by atoms with Crippen molar-refractivity contribution in [1.29, 1.82) is 0 Å². The number of carbonyl (C=O) groups excluding carboxylic acids is 1. The van der Waals surface area contributed by atoms with Crippen molar-refractivity contribution in [3.8, 4) is 0 Å². The molecule has 0 aliphatic carbocycles. The number of halogens is 2. The average molecular weight is 169 g/mol. The van der Waals surface area contributed by atoms with Gasteiger partial charge >= 0.3 is 0 Å². The lowest BCUT2D eigenvalue weighted by Crippen LogP contribution is -2.03. The summed E-state index contributed by atoms with van der Waals surface area (Å²) in [6.45, 7) is 0. The molecule has 1 heterocycles. The molecule has 0 atom stereocenters. The lowest BCUT2D eigenvalue weighted by Gasteiger charge is -1.98. The van der Waals surface area contributed by atoms with E-state index in [2.05, 4.69) is 5.32 Å². The maximum absolute atomic E-state index is 12.9. The predicted octanol–water partition coefficient (Wildman–Crippen LogP) is 1.46. The summed E-state index contributed by atoms with van der Waals surface area (Å²) in [5.41, 5.74) is 0.499. The van der Waals surface area contributed by atoms with Gasteiger partial charge in [0.05, 0.1) is 6.42 Å². The summed E-state index contributed by atoms with van der Waals surface area (Å²) in [6.07, 6.45) is -0.0705. The Balaban J connectivity index is 2.61. The van der Waals surface area contributed by atoms with Gasteiger partial charge in [0, 0.05) is 11.3 Å². The second-order valence-electron chi connectivity index (χ2n) is 2.61. The molecule has 0 unspecified atom stereocenters. The van der Waals surface area contributed by atoms with Gasteiger partial charge in [0.1, 0.15) is 0 Å². The fourth-order valence-corrected chi connectivity index (χ4v) is 1.24. The zero-order valence-corrected chi connectivity index (χ0v) is 6.03. The van der Waals surface area contributed by atoms with E-state index < -0.39 is 11.6 Å². The first-order valence-electron chi connectivity index (χ1n) is 3.45. The first-order valence-corrected chi connectivity index (χ1v) is 3.45. The molecule has 1 aromatic rings. The Morgan fingerprint density at radius 3 is 2.83 bits per heavy atom. The Morgan fingerprint density at radius 1 is 1.33 bits per heavy atom. The van der Waals surface area contributed by atoms with Crippen LogP contribution < -0.4 is 5.32 Å². The number of anilines is 1. The Labute approximate surface area is 67.2 Å². The lowest BCUT2D eigenvalue weighted by atomic mass is 10.1. The summed E-state index contributed by atoms with van der Waals surface area (Å²) in [5.74, 6) is -2.13. The molecule has 62 valence electrons.